The molecule has 0 saturated carbocycles. The minimum atomic E-state index is -0.125. The Balaban J connectivity index is 1.36. The smallest absolute Gasteiger partial charge is 0.191 e. The maximum absolute atomic E-state index is 14.0. The van der Waals surface area contributed by atoms with Crippen LogP contribution in [0.25, 0.3) is 0 Å². The summed E-state index contributed by atoms with van der Waals surface area (Å²) in [6.45, 7) is 15.6. The van der Waals surface area contributed by atoms with Crippen LogP contribution in [0.3, 0.4) is 0 Å². The summed E-state index contributed by atoms with van der Waals surface area (Å²) in [4.78, 5) is 11.9. The Labute approximate surface area is 187 Å². The molecule has 172 valence electrons. The summed E-state index contributed by atoms with van der Waals surface area (Å²) < 4.78 is 14.0. The maximum atomic E-state index is 14.0. The van der Waals surface area contributed by atoms with E-state index in [2.05, 4.69) is 38.8 Å². The van der Waals surface area contributed by atoms with E-state index in [9.17, 15) is 4.39 Å². The van der Waals surface area contributed by atoms with E-state index < -0.39 is 0 Å². The van der Waals surface area contributed by atoms with E-state index >= 15 is 0 Å². The van der Waals surface area contributed by atoms with Gasteiger partial charge in [0.05, 0.1) is 5.69 Å². The second-order valence-corrected chi connectivity index (χ2v) is 8.40. The van der Waals surface area contributed by atoms with Crippen molar-refractivity contribution in [1.29, 1.82) is 0 Å². The Kier molecular flexibility index (Phi) is 9.62. The summed E-state index contributed by atoms with van der Waals surface area (Å²) in [6.07, 6.45) is 5.31. The van der Waals surface area contributed by atoms with Crippen LogP contribution in [0, 0.1) is 5.82 Å². The number of piperazine rings is 1. The van der Waals surface area contributed by atoms with Crippen LogP contribution in [-0.2, 0) is 0 Å². The van der Waals surface area contributed by atoms with Gasteiger partial charge in [0, 0.05) is 71.5 Å². The minimum Gasteiger partial charge on any atom is -0.367 e. The molecule has 0 amide bonds. The number of nitrogens with one attached hydrogen (secondary N) is 2. The summed E-state index contributed by atoms with van der Waals surface area (Å²) in [6, 6.07) is 7.56. The molecule has 2 aliphatic rings. The molecule has 7 heteroatoms. The van der Waals surface area contributed by atoms with Crippen LogP contribution in [0.15, 0.2) is 41.9 Å². The molecule has 2 aliphatic heterocycles. The Morgan fingerprint density at radius 2 is 1.87 bits per heavy atom. The molecule has 0 radical (unpaired) electrons. The molecule has 1 aromatic rings. The van der Waals surface area contributed by atoms with Crippen molar-refractivity contribution < 1.29 is 4.39 Å². The molecular weight excluding hydrogens is 391 g/mol. The zero-order chi connectivity index (χ0) is 21.9. The number of benzene rings is 1. The van der Waals surface area contributed by atoms with Gasteiger partial charge in [0.2, 0.25) is 0 Å². The van der Waals surface area contributed by atoms with E-state index in [0.717, 1.165) is 96.4 Å². The fourth-order valence-electron chi connectivity index (χ4n) is 4.36. The van der Waals surface area contributed by atoms with Crippen molar-refractivity contribution in [2.24, 2.45) is 4.99 Å². The molecule has 0 spiro atoms. The molecule has 0 bridgehead atoms. The topological polar surface area (TPSA) is 46.1 Å². The molecule has 0 aromatic heterocycles. The second-order valence-electron chi connectivity index (χ2n) is 8.40. The third-order valence-corrected chi connectivity index (χ3v) is 6.13. The zero-order valence-corrected chi connectivity index (χ0v) is 19.0. The number of hydrogen-bond donors (Lipinski definition) is 2. The van der Waals surface area contributed by atoms with Crippen LogP contribution in [0.5, 0.6) is 0 Å². The van der Waals surface area contributed by atoms with Crippen molar-refractivity contribution in [1.82, 2.24) is 20.4 Å². The monoisotopic (exact) mass is 430 g/mol. The van der Waals surface area contributed by atoms with E-state index in [0.29, 0.717) is 6.04 Å². The molecular formula is C24H39FN6. The minimum absolute atomic E-state index is 0.125. The molecule has 2 heterocycles. The molecule has 2 N–H and O–H groups in total. The lowest BCUT2D eigenvalue weighted by Crippen LogP contribution is -2.48. The summed E-state index contributed by atoms with van der Waals surface area (Å²) in [5.41, 5.74) is 0.725. The normalized spacial score (nSPS) is 19.4. The summed E-state index contributed by atoms with van der Waals surface area (Å²) in [5, 5.41) is 7.01. The van der Waals surface area contributed by atoms with Gasteiger partial charge < -0.3 is 15.5 Å². The van der Waals surface area contributed by atoms with E-state index in [1.54, 1.807) is 12.1 Å². The number of rotatable bonds is 9. The van der Waals surface area contributed by atoms with Crippen LogP contribution < -0.4 is 15.5 Å². The number of nitrogens with zero attached hydrogens (tertiary/aromatic N) is 4. The van der Waals surface area contributed by atoms with E-state index in [-0.39, 0.29) is 5.82 Å². The van der Waals surface area contributed by atoms with Gasteiger partial charge in [-0.25, -0.2) is 4.39 Å². The zero-order valence-electron chi connectivity index (χ0n) is 19.0. The molecule has 31 heavy (non-hydrogen) atoms. The number of hydrogen-bond acceptors (Lipinski definition) is 4. The molecule has 0 atom stereocenters. The van der Waals surface area contributed by atoms with Gasteiger partial charge in [-0.1, -0.05) is 18.2 Å². The molecule has 3 rings (SSSR count). The molecule has 2 saturated heterocycles. The summed E-state index contributed by atoms with van der Waals surface area (Å²) >= 11 is 0. The highest BCUT2D eigenvalue weighted by molar-refractivity contribution is 5.80. The van der Waals surface area contributed by atoms with Crippen molar-refractivity contribution in [3.05, 3.63) is 42.7 Å². The number of likely N-dealkylation sites (tertiary alicyclic amines) is 1. The number of para-hydroxylation sites is 1. The lowest BCUT2D eigenvalue weighted by Gasteiger charge is -2.36. The average molecular weight is 431 g/mol. The largest absolute Gasteiger partial charge is 0.367 e. The lowest BCUT2D eigenvalue weighted by molar-refractivity contribution is 0.225. The first kappa shape index (κ1) is 23.5. The van der Waals surface area contributed by atoms with Gasteiger partial charge in [-0.05, 0) is 38.3 Å². The SMILES string of the molecule is C=CCN1CCC(NC(=NCCCN2CCN(c3ccccc3F)CC2)NCC)CC1. The van der Waals surface area contributed by atoms with E-state index in [4.69, 9.17) is 4.99 Å². The van der Waals surface area contributed by atoms with Crippen LogP contribution in [0.4, 0.5) is 10.1 Å². The first-order chi connectivity index (χ1) is 15.2. The van der Waals surface area contributed by atoms with Crippen LogP contribution in [0.2, 0.25) is 0 Å². The maximum Gasteiger partial charge on any atom is 0.191 e. The van der Waals surface area contributed by atoms with Gasteiger partial charge in [-0.2, -0.15) is 0 Å². The fraction of sp³-hybridized carbons (Fsp3) is 0.625. The number of halogens is 1. The van der Waals surface area contributed by atoms with E-state index in [1.807, 2.05) is 18.2 Å². The third-order valence-electron chi connectivity index (χ3n) is 6.13. The average Bonchev–Trinajstić information content (AvgIpc) is 2.79. The Morgan fingerprint density at radius 1 is 1.13 bits per heavy atom. The molecule has 2 fully saturated rings. The van der Waals surface area contributed by atoms with Crippen molar-refractivity contribution in [3.63, 3.8) is 0 Å². The third kappa shape index (κ3) is 7.51. The standard InChI is InChI=1S/C24H39FN6/c1-3-13-29-15-10-21(11-16-29)28-24(26-4-2)27-12-7-14-30-17-19-31(20-18-30)23-9-6-5-8-22(23)25/h3,5-6,8-9,21H,1,4,7,10-20H2,2H3,(H2,26,27,28). The van der Waals surface area contributed by atoms with Crippen LogP contribution in [-0.4, -0.2) is 87.2 Å². The lowest BCUT2D eigenvalue weighted by atomic mass is 10.1. The summed E-state index contributed by atoms with van der Waals surface area (Å²) in [7, 11) is 0. The van der Waals surface area contributed by atoms with Gasteiger partial charge in [0.15, 0.2) is 5.96 Å². The predicted molar refractivity (Wildman–Crippen MR) is 128 cm³/mol. The quantitative estimate of drug-likeness (QED) is 0.273. The van der Waals surface area contributed by atoms with Gasteiger partial charge in [0.1, 0.15) is 5.82 Å². The highest BCUT2D eigenvalue weighted by Crippen LogP contribution is 2.20. The molecule has 0 unspecified atom stereocenters. The first-order valence-electron chi connectivity index (χ1n) is 11.8. The van der Waals surface area contributed by atoms with Crippen molar-refractivity contribution >= 4 is 11.6 Å². The molecule has 1 aromatic carbocycles. The second kappa shape index (κ2) is 12.7. The molecule has 6 nitrogen and oxygen atoms in total. The van der Waals surface area contributed by atoms with Crippen molar-refractivity contribution in [2.75, 3.05) is 70.3 Å². The number of aliphatic imine (C=N–C) groups is 1. The predicted octanol–water partition coefficient (Wildman–Crippen LogP) is 2.54. The molecule has 0 aliphatic carbocycles. The van der Waals surface area contributed by atoms with Gasteiger partial charge in [-0.3, -0.25) is 14.8 Å². The van der Waals surface area contributed by atoms with Crippen molar-refractivity contribution in [3.8, 4) is 0 Å². The van der Waals surface area contributed by atoms with Crippen LogP contribution >= 0.6 is 0 Å². The highest BCUT2D eigenvalue weighted by atomic mass is 19.1. The van der Waals surface area contributed by atoms with Crippen LogP contribution in [0.1, 0.15) is 26.2 Å². The van der Waals surface area contributed by atoms with Gasteiger partial charge in [-0.15, -0.1) is 6.58 Å². The van der Waals surface area contributed by atoms with Gasteiger partial charge in [0.25, 0.3) is 0 Å². The fourth-order valence-corrected chi connectivity index (χ4v) is 4.36. The number of piperidine rings is 1. The van der Waals surface area contributed by atoms with Crippen molar-refractivity contribution in [2.45, 2.75) is 32.2 Å². The number of anilines is 1. The number of guanidine groups is 1. The highest BCUT2D eigenvalue weighted by Gasteiger charge is 2.20. The Bertz CT molecular complexity index is 693. The Hall–Kier alpha value is -2.12. The van der Waals surface area contributed by atoms with Gasteiger partial charge >= 0.3 is 0 Å². The van der Waals surface area contributed by atoms with E-state index in [1.165, 1.54) is 0 Å². The summed E-state index contributed by atoms with van der Waals surface area (Å²) in [5.74, 6) is 0.814. The Morgan fingerprint density at radius 3 is 2.55 bits per heavy atom. The first-order valence-corrected chi connectivity index (χ1v) is 11.8.